The molecule has 26 heavy (non-hydrogen) atoms. The van der Waals surface area contributed by atoms with Crippen LogP contribution in [-0.4, -0.2) is 36.3 Å². The van der Waals surface area contributed by atoms with Crippen molar-refractivity contribution < 1.29 is 22.1 Å². The van der Waals surface area contributed by atoms with Crippen LogP contribution in [0.5, 0.6) is 0 Å². The van der Waals surface area contributed by atoms with Crippen molar-refractivity contribution >= 4 is 15.7 Å². The summed E-state index contributed by atoms with van der Waals surface area (Å²) in [7, 11) is -3.60. The highest BCUT2D eigenvalue weighted by Crippen LogP contribution is 2.18. The number of aryl methyl sites for hydroxylation is 1. The number of aromatic nitrogens is 2. The van der Waals surface area contributed by atoms with Crippen LogP contribution in [0, 0.1) is 5.82 Å². The normalized spacial score (nSPS) is 15.7. The fourth-order valence-electron chi connectivity index (χ4n) is 2.93. The summed E-state index contributed by atoms with van der Waals surface area (Å²) >= 11 is 0. The molecule has 0 aliphatic heterocycles. The molecule has 2 aromatic rings. The first-order valence-electron chi connectivity index (χ1n) is 8.56. The molecule has 0 saturated heterocycles. The average Bonchev–Trinajstić information content (AvgIpc) is 3.11. The molecule has 1 aliphatic carbocycles. The number of rotatable bonds is 6. The highest BCUT2D eigenvalue weighted by molar-refractivity contribution is 7.91. The number of nitrogens with zero attached hydrogens (tertiary/aromatic N) is 2. The molecular weight excluding hydrogens is 361 g/mol. The van der Waals surface area contributed by atoms with Crippen LogP contribution >= 0.6 is 0 Å². The largest absolute Gasteiger partial charge is 0.345 e. The second-order valence-electron chi connectivity index (χ2n) is 6.35. The van der Waals surface area contributed by atoms with Crippen molar-refractivity contribution in [1.29, 1.82) is 0 Å². The fraction of sp³-hybridized carbons (Fsp3) is 0.471. The number of hydrogen-bond acceptors (Lipinski definition) is 6. The van der Waals surface area contributed by atoms with Gasteiger partial charge in [-0.1, -0.05) is 24.4 Å². The lowest BCUT2D eigenvalue weighted by molar-refractivity contribution is 0.0883. The van der Waals surface area contributed by atoms with Gasteiger partial charge in [0.15, 0.2) is 15.7 Å². The molecule has 7 nitrogen and oxygen atoms in total. The van der Waals surface area contributed by atoms with Crippen LogP contribution in [0.15, 0.2) is 33.7 Å². The van der Waals surface area contributed by atoms with Crippen molar-refractivity contribution in [3.8, 4) is 0 Å². The van der Waals surface area contributed by atoms with Crippen LogP contribution in [0.4, 0.5) is 4.39 Å². The molecule has 0 radical (unpaired) electrons. The number of carbonyl (C=O) groups is 1. The molecule has 1 aliphatic rings. The second kappa shape index (κ2) is 7.94. The van der Waals surface area contributed by atoms with E-state index >= 15 is 0 Å². The molecule has 1 aromatic heterocycles. The van der Waals surface area contributed by atoms with E-state index in [0.29, 0.717) is 0 Å². The Labute approximate surface area is 150 Å². The number of sulfone groups is 1. The summed E-state index contributed by atoms with van der Waals surface area (Å²) in [4.78, 5) is 16.1. The van der Waals surface area contributed by atoms with Gasteiger partial charge in [0.25, 0.3) is 0 Å². The minimum Gasteiger partial charge on any atom is -0.345 e. The predicted octanol–water partition coefficient (Wildman–Crippen LogP) is 2.29. The highest BCUT2D eigenvalue weighted by Gasteiger charge is 2.22. The summed E-state index contributed by atoms with van der Waals surface area (Å²) in [5.41, 5.74) is 0. The van der Waals surface area contributed by atoms with E-state index < -0.39 is 21.6 Å². The Morgan fingerprint density at radius 3 is 2.58 bits per heavy atom. The molecule has 0 spiro atoms. The second-order valence-corrected chi connectivity index (χ2v) is 8.46. The quantitative estimate of drug-likeness (QED) is 0.770. The van der Waals surface area contributed by atoms with Crippen LogP contribution in [0.2, 0.25) is 0 Å². The van der Waals surface area contributed by atoms with Gasteiger partial charge in [0.1, 0.15) is 5.82 Å². The van der Waals surface area contributed by atoms with Crippen molar-refractivity contribution in [1.82, 2.24) is 15.5 Å². The van der Waals surface area contributed by atoms with E-state index in [-0.39, 0.29) is 34.8 Å². The molecule has 0 atom stereocenters. The molecule has 140 valence electrons. The summed E-state index contributed by atoms with van der Waals surface area (Å²) in [6.45, 7) is 0. The Balaban J connectivity index is 1.57. The lowest BCUT2D eigenvalue weighted by Crippen LogP contribution is -2.36. The maximum Gasteiger partial charge on any atom is 0.315 e. The molecule has 9 heteroatoms. The molecule has 1 amide bonds. The molecule has 0 unspecified atom stereocenters. The van der Waals surface area contributed by atoms with E-state index in [1.807, 2.05) is 0 Å². The Bertz CT molecular complexity index is 858. The summed E-state index contributed by atoms with van der Waals surface area (Å²) in [5, 5.41) is 6.53. The highest BCUT2D eigenvalue weighted by atomic mass is 32.2. The van der Waals surface area contributed by atoms with Gasteiger partial charge in [-0.3, -0.25) is 4.79 Å². The van der Waals surface area contributed by atoms with Crippen molar-refractivity contribution in [2.45, 2.75) is 49.5 Å². The number of hydrogen-bond donors (Lipinski definition) is 1. The molecule has 1 fully saturated rings. The summed E-state index contributed by atoms with van der Waals surface area (Å²) < 4.78 is 42.3. The number of halogens is 1. The molecular formula is C17H20FN3O4S. The van der Waals surface area contributed by atoms with Gasteiger partial charge in [-0.2, -0.15) is 4.98 Å². The van der Waals surface area contributed by atoms with Gasteiger partial charge in [0.2, 0.25) is 0 Å². The van der Waals surface area contributed by atoms with E-state index in [1.165, 1.54) is 18.6 Å². The molecule has 1 saturated carbocycles. The minimum atomic E-state index is -3.60. The van der Waals surface area contributed by atoms with Crippen molar-refractivity contribution in [2.24, 2.45) is 0 Å². The Morgan fingerprint density at radius 2 is 1.88 bits per heavy atom. The minimum absolute atomic E-state index is 0.0000810. The van der Waals surface area contributed by atoms with E-state index in [0.717, 1.165) is 37.8 Å². The molecule has 1 N–H and O–H groups in total. The monoisotopic (exact) mass is 381 g/mol. The average molecular weight is 381 g/mol. The van der Waals surface area contributed by atoms with E-state index in [4.69, 9.17) is 4.52 Å². The first kappa shape index (κ1) is 18.5. The van der Waals surface area contributed by atoms with E-state index in [2.05, 4.69) is 15.5 Å². The summed E-state index contributed by atoms with van der Waals surface area (Å²) in [6, 6.07) is 4.73. The van der Waals surface area contributed by atoms with Gasteiger partial charge in [-0.25, -0.2) is 12.8 Å². The van der Waals surface area contributed by atoms with Gasteiger partial charge >= 0.3 is 11.8 Å². The maximum atomic E-state index is 12.9. The summed E-state index contributed by atoms with van der Waals surface area (Å²) in [6.07, 6.45) is 5.22. The zero-order valence-corrected chi connectivity index (χ0v) is 15.0. The zero-order chi connectivity index (χ0) is 18.6. The number of amides is 1. The number of benzene rings is 1. The lowest BCUT2D eigenvalue weighted by atomic mass is 9.95. The van der Waals surface area contributed by atoms with Gasteiger partial charge in [0, 0.05) is 12.5 Å². The lowest BCUT2D eigenvalue weighted by Gasteiger charge is -2.21. The van der Waals surface area contributed by atoms with Crippen LogP contribution in [0.25, 0.3) is 0 Å². The van der Waals surface area contributed by atoms with Crippen molar-refractivity contribution in [3.05, 3.63) is 41.8 Å². The Morgan fingerprint density at radius 1 is 1.19 bits per heavy atom. The predicted molar refractivity (Wildman–Crippen MR) is 90.8 cm³/mol. The van der Waals surface area contributed by atoms with Gasteiger partial charge < -0.3 is 9.84 Å². The standard InChI is InChI=1S/C17H20FN3O4S/c18-12-6-8-14(9-7-12)26(23,24)11-10-15-20-17(25-21-15)16(22)19-13-4-2-1-3-5-13/h6-9,13H,1-5,10-11H2,(H,19,22). The van der Waals surface area contributed by atoms with Crippen LogP contribution in [0.1, 0.15) is 48.6 Å². The van der Waals surface area contributed by atoms with E-state index in [9.17, 15) is 17.6 Å². The third kappa shape index (κ3) is 4.66. The summed E-state index contributed by atoms with van der Waals surface area (Å²) in [5.74, 6) is -1.22. The molecule has 0 bridgehead atoms. The molecule has 1 aromatic carbocycles. The third-order valence-electron chi connectivity index (χ3n) is 4.37. The van der Waals surface area contributed by atoms with Crippen LogP contribution in [0.3, 0.4) is 0 Å². The van der Waals surface area contributed by atoms with Gasteiger partial charge in [-0.05, 0) is 37.1 Å². The topological polar surface area (TPSA) is 102 Å². The van der Waals surface area contributed by atoms with Crippen LogP contribution in [-0.2, 0) is 16.3 Å². The number of carbonyl (C=O) groups excluding carboxylic acids is 1. The van der Waals surface area contributed by atoms with E-state index in [1.54, 1.807) is 0 Å². The Kier molecular flexibility index (Phi) is 5.65. The SMILES string of the molecule is O=C(NC1CCCCC1)c1nc(CCS(=O)(=O)c2ccc(F)cc2)no1. The zero-order valence-electron chi connectivity index (χ0n) is 14.2. The first-order chi connectivity index (χ1) is 12.4. The van der Waals surface area contributed by atoms with Crippen molar-refractivity contribution in [3.63, 3.8) is 0 Å². The smallest absolute Gasteiger partial charge is 0.315 e. The van der Waals surface area contributed by atoms with Crippen molar-refractivity contribution in [2.75, 3.05) is 5.75 Å². The third-order valence-corrected chi connectivity index (χ3v) is 6.10. The molecule has 1 heterocycles. The van der Waals surface area contributed by atoms with Crippen LogP contribution < -0.4 is 5.32 Å². The van der Waals surface area contributed by atoms with Gasteiger partial charge in [0.05, 0.1) is 10.6 Å². The first-order valence-corrected chi connectivity index (χ1v) is 10.2. The number of nitrogens with one attached hydrogen (secondary N) is 1. The Hall–Kier alpha value is -2.29. The van der Waals surface area contributed by atoms with Gasteiger partial charge in [-0.15, -0.1) is 0 Å². The maximum absolute atomic E-state index is 12.9. The fourth-order valence-corrected chi connectivity index (χ4v) is 4.16. The molecule has 3 rings (SSSR count).